The topological polar surface area (TPSA) is 35.5 Å². The van der Waals surface area contributed by atoms with Crippen LogP contribution in [0, 0.1) is 0 Å². The summed E-state index contributed by atoms with van der Waals surface area (Å²) in [6.07, 6.45) is 17.8. The molecule has 0 saturated carbocycles. The van der Waals surface area contributed by atoms with E-state index in [4.69, 9.17) is 9.47 Å². The quantitative estimate of drug-likeness (QED) is 0.136. The lowest BCUT2D eigenvalue weighted by molar-refractivity contribution is -0.148. The van der Waals surface area contributed by atoms with Gasteiger partial charge in [0.05, 0.1) is 6.61 Å². The number of unbranched alkanes of at least 4 members (excludes halogenated alkanes) is 12. The molecule has 200 valence electrons. The minimum atomic E-state index is -0.223. The van der Waals surface area contributed by atoms with Crippen LogP contribution in [-0.4, -0.2) is 12.6 Å². The van der Waals surface area contributed by atoms with Crippen molar-refractivity contribution in [1.29, 1.82) is 0 Å². The molecule has 0 N–H and O–H groups in total. The van der Waals surface area contributed by atoms with Gasteiger partial charge < -0.3 is 9.47 Å². The minimum absolute atomic E-state index is 0.0929. The van der Waals surface area contributed by atoms with Crippen LogP contribution in [0.2, 0.25) is 0 Å². The lowest BCUT2D eigenvalue weighted by Gasteiger charge is -2.14. The molecule has 3 heteroatoms. The van der Waals surface area contributed by atoms with Gasteiger partial charge >= 0.3 is 5.97 Å². The zero-order chi connectivity index (χ0) is 25.8. The average Bonchev–Trinajstić information content (AvgIpc) is 2.90. The Hall–Kier alpha value is -2.29. The molecule has 0 spiro atoms. The van der Waals surface area contributed by atoms with E-state index in [1.165, 1.54) is 70.6 Å². The van der Waals surface area contributed by atoms with E-state index >= 15 is 0 Å². The second-order valence-electron chi connectivity index (χ2n) is 10.1. The van der Waals surface area contributed by atoms with Gasteiger partial charge in [0.25, 0.3) is 0 Å². The third kappa shape index (κ3) is 12.6. The minimum Gasteiger partial charge on any atom is -0.494 e. The largest absolute Gasteiger partial charge is 0.494 e. The van der Waals surface area contributed by atoms with Crippen molar-refractivity contribution < 1.29 is 14.3 Å². The maximum atomic E-state index is 12.2. The number of esters is 1. The van der Waals surface area contributed by atoms with Crippen LogP contribution in [0.5, 0.6) is 5.75 Å². The molecule has 2 aromatic carbocycles. The maximum absolute atomic E-state index is 12.2. The number of hydrogen-bond acceptors (Lipinski definition) is 3. The van der Waals surface area contributed by atoms with Gasteiger partial charge in [-0.2, -0.15) is 0 Å². The molecular weight excluding hydrogens is 444 g/mol. The van der Waals surface area contributed by atoms with E-state index in [0.717, 1.165) is 48.3 Å². The van der Waals surface area contributed by atoms with Gasteiger partial charge in [-0.1, -0.05) is 127 Å². The van der Waals surface area contributed by atoms with E-state index in [0.29, 0.717) is 6.42 Å². The molecule has 0 amide bonds. The Labute approximate surface area is 221 Å². The van der Waals surface area contributed by atoms with Crippen molar-refractivity contribution in [1.82, 2.24) is 0 Å². The normalized spacial score (nSPS) is 11.9. The number of ether oxygens (including phenoxy) is 2. The highest BCUT2D eigenvalue weighted by Gasteiger charge is 2.12. The Bertz CT molecular complexity index is 810. The molecule has 0 heterocycles. The van der Waals surface area contributed by atoms with Gasteiger partial charge in [-0.25, -0.2) is 0 Å². The molecular formula is C33H50O3. The van der Waals surface area contributed by atoms with Crippen molar-refractivity contribution in [2.24, 2.45) is 0 Å². The smallest absolute Gasteiger partial charge is 0.306 e. The van der Waals surface area contributed by atoms with Gasteiger partial charge in [0.1, 0.15) is 11.9 Å². The standard InChI is InChI=1S/C33H50O3/c1-4-6-8-10-12-13-15-17-27-35-32-25-23-31(24-26-32)30-21-19-29(20-22-30)28(3)36-33(34)18-16-14-11-9-7-5-2/h19-26,28H,4-18,27H2,1-3H3. The van der Waals surface area contributed by atoms with Gasteiger partial charge in [0.15, 0.2) is 0 Å². The predicted octanol–water partition coefficient (Wildman–Crippen LogP) is 10.2. The third-order valence-electron chi connectivity index (χ3n) is 6.88. The van der Waals surface area contributed by atoms with Crippen LogP contribution in [0.25, 0.3) is 11.1 Å². The van der Waals surface area contributed by atoms with E-state index in [1.54, 1.807) is 0 Å². The van der Waals surface area contributed by atoms with Crippen molar-refractivity contribution in [3.05, 3.63) is 54.1 Å². The molecule has 0 aliphatic carbocycles. The summed E-state index contributed by atoms with van der Waals surface area (Å²) < 4.78 is 11.6. The molecule has 0 aliphatic heterocycles. The summed E-state index contributed by atoms with van der Waals surface area (Å²) in [5.41, 5.74) is 3.34. The maximum Gasteiger partial charge on any atom is 0.306 e. The van der Waals surface area contributed by atoms with Crippen LogP contribution in [0.1, 0.15) is 129 Å². The number of rotatable bonds is 20. The van der Waals surface area contributed by atoms with Crippen LogP contribution in [0.15, 0.2) is 48.5 Å². The molecule has 3 nitrogen and oxygen atoms in total. The molecule has 0 saturated heterocycles. The molecule has 36 heavy (non-hydrogen) atoms. The predicted molar refractivity (Wildman–Crippen MR) is 152 cm³/mol. The summed E-state index contributed by atoms with van der Waals surface area (Å²) in [6.45, 7) is 7.22. The first-order chi connectivity index (χ1) is 17.6. The fourth-order valence-electron chi connectivity index (χ4n) is 4.49. The first-order valence-corrected chi connectivity index (χ1v) is 14.7. The molecule has 0 fully saturated rings. The Balaban J connectivity index is 1.67. The molecule has 0 radical (unpaired) electrons. The Morgan fingerprint density at radius 2 is 1.11 bits per heavy atom. The summed E-state index contributed by atoms with van der Waals surface area (Å²) in [5, 5.41) is 0. The van der Waals surface area contributed by atoms with E-state index in [2.05, 4.69) is 62.4 Å². The van der Waals surface area contributed by atoms with Gasteiger partial charge in [0.2, 0.25) is 0 Å². The summed E-state index contributed by atoms with van der Waals surface area (Å²) >= 11 is 0. The Morgan fingerprint density at radius 1 is 0.639 bits per heavy atom. The van der Waals surface area contributed by atoms with E-state index in [-0.39, 0.29) is 12.1 Å². The second kappa shape index (κ2) is 18.9. The molecule has 2 aromatic rings. The van der Waals surface area contributed by atoms with E-state index < -0.39 is 0 Å². The van der Waals surface area contributed by atoms with Crippen LogP contribution >= 0.6 is 0 Å². The SMILES string of the molecule is CCCCCCCCCCOc1ccc(-c2ccc(C(C)OC(=O)CCCCCCCC)cc2)cc1. The Kier molecular flexibility index (Phi) is 15.7. The lowest BCUT2D eigenvalue weighted by Crippen LogP contribution is -2.08. The highest BCUT2D eigenvalue weighted by atomic mass is 16.5. The molecule has 0 aromatic heterocycles. The van der Waals surface area contributed by atoms with Crippen LogP contribution < -0.4 is 4.74 Å². The number of carbonyl (C=O) groups is 1. The first kappa shape index (κ1) is 29.9. The molecule has 1 unspecified atom stereocenters. The highest BCUT2D eigenvalue weighted by molar-refractivity contribution is 5.69. The lowest BCUT2D eigenvalue weighted by atomic mass is 10.0. The van der Waals surface area contributed by atoms with E-state index in [9.17, 15) is 4.79 Å². The number of carbonyl (C=O) groups excluding carboxylic acids is 1. The fraction of sp³-hybridized carbons (Fsp3) is 0.606. The van der Waals surface area contributed by atoms with Crippen molar-refractivity contribution in [3.8, 4) is 16.9 Å². The summed E-state index contributed by atoms with van der Waals surface area (Å²) in [4.78, 5) is 12.2. The van der Waals surface area contributed by atoms with Crippen LogP contribution in [-0.2, 0) is 9.53 Å². The fourth-order valence-corrected chi connectivity index (χ4v) is 4.49. The van der Waals surface area contributed by atoms with Gasteiger partial charge in [-0.05, 0) is 48.6 Å². The molecule has 2 rings (SSSR count). The zero-order valence-corrected chi connectivity index (χ0v) is 23.2. The molecule has 1 atom stereocenters. The summed E-state index contributed by atoms with van der Waals surface area (Å²) in [5.74, 6) is 0.842. The summed E-state index contributed by atoms with van der Waals surface area (Å²) in [7, 11) is 0. The van der Waals surface area contributed by atoms with Crippen molar-refractivity contribution in [3.63, 3.8) is 0 Å². The van der Waals surface area contributed by atoms with Gasteiger partial charge in [-0.3, -0.25) is 4.79 Å². The van der Waals surface area contributed by atoms with Crippen molar-refractivity contribution >= 4 is 5.97 Å². The van der Waals surface area contributed by atoms with Crippen LogP contribution in [0.3, 0.4) is 0 Å². The Morgan fingerprint density at radius 3 is 1.67 bits per heavy atom. The van der Waals surface area contributed by atoms with E-state index in [1.807, 2.05) is 6.92 Å². The van der Waals surface area contributed by atoms with Gasteiger partial charge in [-0.15, -0.1) is 0 Å². The molecule has 0 aliphatic rings. The zero-order valence-electron chi connectivity index (χ0n) is 23.2. The monoisotopic (exact) mass is 494 g/mol. The molecule has 0 bridgehead atoms. The first-order valence-electron chi connectivity index (χ1n) is 14.7. The third-order valence-corrected chi connectivity index (χ3v) is 6.88. The average molecular weight is 495 g/mol. The van der Waals surface area contributed by atoms with Crippen LogP contribution in [0.4, 0.5) is 0 Å². The number of benzene rings is 2. The summed E-state index contributed by atoms with van der Waals surface area (Å²) in [6, 6.07) is 16.7. The number of hydrogen-bond donors (Lipinski definition) is 0. The second-order valence-corrected chi connectivity index (χ2v) is 10.1. The van der Waals surface area contributed by atoms with Crippen molar-refractivity contribution in [2.45, 2.75) is 123 Å². The van der Waals surface area contributed by atoms with Crippen molar-refractivity contribution in [2.75, 3.05) is 6.61 Å². The highest BCUT2D eigenvalue weighted by Crippen LogP contribution is 2.26. The van der Waals surface area contributed by atoms with Gasteiger partial charge in [0, 0.05) is 6.42 Å².